The minimum absolute atomic E-state index is 0.0960. The highest BCUT2D eigenvalue weighted by Crippen LogP contribution is 2.36. The van der Waals surface area contributed by atoms with E-state index in [0.717, 1.165) is 36.8 Å². The van der Waals surface area contributed by atoms with E-state index in [1.54, 1.807) is 33.6 Å². The molecule has 1 amide bonds. The van der Waals surface area contributed by atoms with Gasteiger partial charge in [-0.2, -0.15) is 4.31 Å². The van der Waals surface area contributed by atoms with Crippen LogP contribution in [-0.2, 0) is 14.8 Å². The Labute approximate surface area is 204 Å². The Kier molecular flexibility index (Phi) is 8.03. The zero-order chi connectivity index (χ0) is 25.1. The molecule has 1 aliphatic heterocycles. The van der Waals surface area contributed by atoms with Gasteiger partial charge in [-0.15, -0.1) is 0 Å². The summed E-state index contributed by atoms with van der Waals surface area (Å²) in [5, 5.41) is 0. The lowest BCUT2D eigenvalue weighted by Crippen LogP contribution is -2.42. The number of rotatable bonds is 6. The van der Waals surface area contributed by atoms with Crippen LogP contribution >= 0.6 is 0 Å². The Bertz CT molecular complexity index is 1080. The maximum Gasteiger partial charge on any atom is 0.416 e. The predicted octanol–water partition coefficient (Wildman–Crippen LogP) is 5.85. The molecule has 0 unspecified atom stereocenters. The average molecular weight is 488 g/mol. The Morgan fingerprint density at radius 1 is 1.18 bits per heavy atom. The number of anilines is 1. The van der Waals surface area contributed by atoms with Crippen molar-refractivity contribution >= 4 is 21.9 Å². The number of sulfonamides is 1. The number of benzene rings is 1. The summed E-state index contributed by atoms with van der Waals surface area (Å²) < 4.78 is 34.1. The van der Waals surface area contributed by atoms with E-state index in [2.05, 4.69) is 4.98 Å². The van der Waals surface area contributed by atoms with E-state index in [1.807, 2.05) is 59.7 Å². The summed E-state index contributed by atoms with van der Waals surface area (Å²) in [6.07, 6.45) is 4.50. The number of carbonyl (C=O) groups is 1. The highest BCUT2D eigenvalue weighted by molar-refractivity contribution is 7.89. The molecule has 1 aromatic heterocycles. The molecular weight excluding hydrogens is 450 g/mol. The van der Waals surface area contributed by atoms with E-state index < -0.39 is 21.7 Å². The quantitative estimate of drug-likeness (QED) is 0.511. The normalized spacial score (nSPS) is 18.4. The van der Waals surface area contributed by atoms with Gasteiger partial charge in [-0.05, 0) is 77.6 Å². The number of amides is 1. The predicted molar refractivity (Wildman–Crippen MR) is 134 cm³/mol. The van der Waals surface area contributed by atoms with E-state index in [4.69, 9.17) is 4.74 Å². The molecule has 34 heavy (non-hydrogen) atoms. The summed E-state index contributed by atoms with van der Waals surface area (Å²) in [7, 11) is -3.63. The first-order valence-electron chi connectivity index (χ1n) is 12.0. The second-order valence-corrected chi connectivity index (χ2v) is 11.9. The minimum atomic E-state index is -3.63. The number of hydrogen-bond donors (Lipinski definition) is 0. The van der Waals surface area contributed by atoms with Crippen molar-refractivity contribution < 1.29 is 17.9 Å². The van der Waals surface area contributed by atoms with Gasteiger partial charge in [0.2, 0.25) is 10.0 Å². The molecule has 0 radical (unpaired) electrons. The molecule has 2 heterocycles. The van der Waals surface area contributed by atoms with Crippen LogP contribution in [0.1, 0.15) is 77.5 Å². The van der Waals surface area contributed by atoms with Gasteiger partial charge in [0.1, 0.15) is 11.4 Å². The molecule has 1 fully saturated rings. The van der Waals surface area contributed by atoms with Crippen LogP contribution in [0.5, 0.6) is 0 Å². The Morgan fingerprint density at radius 2 is 1.85 bits per heavy atom. The third kappa shape index (κ3) is 5.96. The van der Waals surface area contributed by atoms with Gasteiger partial charge >= 0.3 is 6.09 Å². The first-order valence-corrected chi connectivity index (χ1v) is 13.4. The molecule has 8 heteroatoms. The van der Waals surface area contributed by atoms with Crippen LogP contribution in [0.15, 0.2) is 47.5 Å². The molecular formula is C26H37N3O4S. The van der Waals surface area contributed by atoms with Gasteiger partial charge in [0, 0.05) is 18.8 Å². The lowest BCUT2D eigenvalue weighted by molar-refractivity contribution is 0.0566. The monoisotopic (exact) mass is 487 g/mol. The van der Waals surface area contributed by atoms with E-state index >= 15 is 0 Å². The van der Waals surface area contributed by atoms with Gasteiger partial charge in [0.25, 0.3) is 0 Å². The highest BCUT2D eigenvalue weighted by atomic mass is 32.2. The molecule has 0 saturated carbocycles. The van der Waals surface area contributed by atoms with Crippen molar-refractivity contribution in [1.82, 2.24) is 9.29 Å². The smallest absolute Gasteiger partial charge is 0.416 e. The molecule has 2 atom stereocenters. The first kappa shape index (κ1) is 26.2. The molecule has 1 aliphatic rings. The highest BCUT2D eigenvalue weighted by Gasteiger charge is 2.35. The number of ether oxygens (including phenoxy) is 1. The van der Waals surface area contributed by atoms with Gasteiger partial charge in [-0.3, -0.25) is 4.90 Å². The van der Waals surface area contributed by atoms with Gasteiger partial charge in [0.05, 0.1) is 10.9 Å². The lowest BCUT2D eigenvalue weighted by Gasteiger charge is -2.35. The standard InChI is InChI=1S/C26H37N3O4S/c1-7-20(3)29(25(30)33-26(4,5)6)24-16-13-21(18-27-24)23-10-8-9-17-28(23)34(31,32)22-14-11-19(2)12-15-22/h11-16,18,20,23H,7-10,17H2,1-6H3/t20-,23-/m1/s1. The molecule has 2 aromatic rings. The fourth-order valence-electron chi connectivity index (χ4n) is 4.10. The van der Waals surface area contributed by atoms with Crippen molar-refractivity contribution in [1.29, 1.82) is 0 Å². The summed E-state index contributed by atoms with van der Waals surface area (Å²) in [5.74, 6) is 0.496. The van der Waals surface area contributed by atoms with Crippen molar-refractivity contribution in [3.63, 3.8) is 0 Å². The fourth-order valence-corrected chi connectivity index (χ4v) is 5.78. The molecule has 186 valence electrons. The molecule has 1 aromatic carbocycles. The topological polar surface area (TPSA) is 79.8 Å². The number of carbonyl (C=O) groups excluding carboxylic acids is 1. The third-order valence-electron chi connectivity index (χ3n) is 6.11. The zero-order valence-corrected chi connectivity index (χ0v) is 21.9. The average Bonchev–Trinajstić information content (AvgIpc) is 2.78. The summed E-state index contributed by atoms with van der Waals surface area (Å²) in [6.45, 7) is 11.9. The summed E-state index contributed by atoms with van der Waals surface area (Å²) >= 11 is 0. The third-order valence-corrected chi connectivity index (χ3v) is 8.03. The maximum atomic E-state index is 13.4. The number of pyridine rings is 1. The molecule has 0 N–H and O–H groups in total. The number of hydrogen-bond acceptors (Lipinski definition) is 5. The van der Waals surface area contributed by atoms with Crippen molar-refractivity contribution in [3.8, 4) is 0 Å². The van der Waals surface area contributed by atoms with Crippen LogP contribution in [0.3, 0.4) is 0 Å². The number of aryl methyl sites for hydroxylation is 1. The molecule has 3 rings (SSSR count). The molecule has 7 nitrogen and oxygen atoms in total. The summed E-state index contributed by atoms with van der Waals surface area (Å²) in [6, 6.07) is 10.3. The zero-order valence-electron chi connectivity index (χ0n) is 21.1. The SMILES string of the molecule is CC[C@@H](C)N(C(=O)OC(C)(C)C)c1ccc([C@H]2CCCCN2S(=O)(=O)c2ccc(C)cc2)cn1. The van der Waals surface area contributed by atoms with E-state index in [9.17, 15) is 13.2 Å². The van der Waals surface area contributed by atoms with Crippen LogP contribution in [0.25, 0.3) is 0 Å². The van der Waals surface area contributed by atoms with Gasteiger partial charge in [0.15, 0.2) is 0 Å². The summed E-state index contributed by atoms with van der Waals surface area (Å²) in [4.78, 5) is 19.3. The fraction of sp³-hybridized carbons (Fsp3) is 0.538. The first-order chi connectivity index (χ1) is 15.9. The Hall–Kier alpha value is -2.45. The molecule has 0 spiro atoms. The second kappa shape index (κ2) is 10.4. The van der Waals surface area contributed by atoms with Crippen LogP contribution in [-0.4, -0.2) is 42.0 Å². The van der Waals surface area contributed by atoms with Gasteiger partial charge < -0.3 is 4.74 Å². The van der Waals surface area contributed by atoms with Crippen molar-refractivity contribution in [3.05, 3.63) is 53.7 Å². The van der Waals surface area contributed by atoms with Crippen LogP contribution in [0.4, 0.5) is 10.6 Å². The second-order valence-electron chi connectivity index (χ2n) is 10.00. The van der Waals surface area contributed by atoms with E-state index in [0.29, 0.717) is 17.3 Å². The summed E-state index contributed by atoms with van der Waals surface area (Å²) in [5.41, 5.74) is 1.23. The van der Waals surface area contributed by atoms with E-state index in [-0.39, 0.29) is 12.1 Å². The molecule has 0 bridgehead atoms. The Balaban J connectivity index is 1.90. The largest absolute Gasteiger partial charge is 0.443 e. The van der Waals surface area contributed by atoms with Crippen molar-refractivity contribution in [2.45, 2.75) is 89.8 Å². The van der Waals surface area contributed by atoms with E-state index in [1.165, 1.54) is 0 Å². The van der Waals surface area contributed by atoms with Crippen LogP contribution in [0.2, 0.25) is 0 Å². The van der Waals surface area contributed by atoms with Crippen molar-refractivity contribution in [2.24, 2.45) is 0 Å². The molecule has 1 saturated heterocycles. The number of piperidine rings is 1. The van der Waals surface area contributed by atoms with Crippen LogP contribution in [0, 0.1) is 6.92 Å². The van der Waals surface area contributed by atoms with Crippen LogP contribution < -0.4 is 4.90 Å². The minimum Gasteiger partial charge on any atom is -0.443 e. The number of aromatic nitrogens is 1. The lowest BCUT2D eigenvalue weighted by atomic mass is 9.99. The van der Waals surface area contributed by atoms with Gasteiger partial charge in [-0.1, -0.05) is 37.1 Å². The van der Waals surface area contributed by atoms with Gasteiger partial charge in [-0.25, -0.2) is 18.2 Å². The number of nitrogens with zero attached hydrogens (tertiary/aromatic N) is 3. The maximum absolute atomic E-state index is 13.4. The Morgan fingerprint density at radius 3 is 2.41 bits per heavy atom. The molecule has 0 aliphatic carbocycles. The van der Waals surface area contributed by atoms with Crippen molar-refractivity contribution in [2.75, 3.05) is 11.4 Å².